The summed E-state index contributed by atoms with van der Waals surface area (Å²) in [5.41, 5.74) is -0.663. The molecule has 1 aromatic rings. The van der Waals surface area contributed by atoms with Gasteiger partial charge in [-0.2, -0.15) is 0 Å². The zero-order chi connectivity index (χ0) is 16.3. The fraction of sp³-hybridized carbons (Fsp3) is 0.385. The first-order chi connectivity index (χ1) is 10.4. The second-order valence-corrected chi connectivity index (χ2v) is 4.73. The van der Waals surface area contributed by atoms with Crippen molar-refractivity contribution < 1.29 is 23.6 Å². The molecule has 1 aliphatic heterocycles. The smallest absolute Gasteiger partial charge is 0.410 e. The van der Waals surface area contributed by atoms with Crippen LogP contribution in [-0.4, -0.2) is 41.5 Å². The van der Waals surface area contributed by atoms with Crippen LogP contribution >= 0.6 is 0 Å². The Labute approximate surface area is 125 Å². The Hall–Kier alpha value is -2.71. The van der Waals surface area contributed by atoms with Gasteiger partial charge < -0.3 is 10.1 Å². The van der Waals surface area contributed by atoms with E-state index in [1.807, 2.05) is 0 Å². The van der Waals surface area contributed by atoms with E-state index in [0.29, 0.717) is 19.4 Å². The van der Waals surface area contributed by atoms with Gasteiger partial charge in [-0.15, -0.1) is 0 Å². The number of likely N-dealkylation sites (tertiary alicyclic amines) is 1. The van der Waals surface area contributed by atoms with Crippen LogP contribution in [0.4, 0.5) is 20.6 Å². The van der Waals surface area contributed by atoms with E-state index in [-0.39, 0.29) is 5.69 Å². The lowest BCUT2D eigenvalue weighted by Gasteiger charge is -2.22. The number of nitrogens with zero attached hydrogens (tertiary/aromatic N) is 2. The highest BCUT2D eigenvalue weighted by molar-refractivity contribution is 5.98. The molecule has 118 valence electrons. The molecule has 0 radical (unpaired) electrons. The average Bonchev–Trinajstić information content (AvgIpc) is 2.97. The minimum absolute atomic E-state index is 0.117. The number of anilines is 1. The highest BCUT2D eigenvalue weighted by Crippen LogP contribution is 2.27. The second kappa shape index (κ2) is 6.37. The summed E-state index contributed by atoms with van der Waals surface area (Å²) in [6.07, 6.45) is 0.417. The van der Waals surface area contributed by atoms with Gasteiger partial charge in [-0.1, -0.05) is 0 Å². The minimum atomic E-state index is -0.786. The summed E-state index contributed by atoms with van der Waals surface area (Å²) in [5, 5.41) is 13.3. The van der Waals surface area contributed by atoms with E-state index in [4.69, 9.17) is 0 Å². The molecule has 0 aliphatic carbocycles. The van der Waals surface area contributed by atoms with E-state index in [1.54, 1.807) is 0 Å². The zero-order valence-electron chi connectivity index (χ0n) is 11.7. The Bertz CT molecular complexity index is 622. The van der Waals surface area contributed by atoms with Gasteiger partial charge in [0.15, 0.2) is 0 Å². The highest BCUT2D eigenvalue weighted by atomic mass is 19.1. The molecule has 22 heavy (non-hydrogen) atoms. The maximum Gasteiger partial charge on any atom is 0.410 e. The third kappa shape index (κ3) is 3.13. The number of hydrogen-bond donors (Lipinski definition) is 1. The first-order valence-corrected chi connectivity index (χ1v) is 6.53. The lowest BCUT2D eigenvalue weighted by molar-refractivity contribution is -0.384. The molecule has 9 heteroatoms. The van der Waals surface area contributed by atoms with Gasteiger partial charge in [-0.3, -0.25) is 19.8 Å². The maximum atomic E-state index is 13.1. The zero-order valence-corrected chi connectivity index (χ0v) is 11.7. The van der Waals surface area contributed by atoms with Gasteiger partial charge in [0.25, 0.3) is 5.69 Å². The second-order valence-electron chi connectivity index (χ2n) is 4.73. The van der Waals surface area contributed by atoms with Gasteiger partial charge in [0.2, 0.25) is 5.91 Å². The van der Waals surface area contributed by atoms with Crippen molar-refractivity contribution in [2.45, 2.75) is 18.9 Å². The molecule has 1 fully saturated rings. The standard InChI is InChI=1S/C13H14FN3O5/c1-22-13(19)16-6-2-3-10(16)12(18)15-9-5-4-8(14)7-11(9)17(20)21/h4-5,7,10H,2-3,6H2,1H3,(H,15,18)/t10-/m1/s1. The number of nitro benzene ring substituents is 1. The molecule has 1 aromatic carbocycles. The van der Waals surface area contributed by atoms with Crippen LogP contribution < -0.4 is 5.32 Å². The molecule has 1 atom stereocenters. The molecule has 0 unspecified atom stereocenters. The van der Waals surface area contributed by atoms with Crippen LogP contribution in [0.1, 0.15) is 12.8 Å². The fourth-order valence-electron chi connectivity index (χ4n) is 2.35. The van der Waals surface area contributed by atoms with E-state index in [0.717, 1.165) is 18.2 Å². The number of methoxy groups -OCH3 is 1. The molecule has 1 N–H and O–H groups in total. The van der Waals surface area contributed by atoms with Crippen LogP contribution in [0.5, 0.6) is 0 Å². The van der Waals surface area contributed by atoms with Crippen molar-refractivity contribution in [1.82, 2.24) is 4.90 Å². The molecule has 1 heterocycles. The quantitative estimate of drug-likeness (QED) is 0.678. The molecule has 0 saturated carbocycles. The van der Waals surface area contributed by atoms with E-state index in [1.165, 1.54) is 12.0 Å². The Morgan fingerprint density at radius 3 is 2.86 bits per heavy atom. The molecule has 1 aliphatic rings. The van der Waals surface area contributed by atoms with Crippen LogP contribution in [-0.2, 0) is 9.53 Å². The van der Waals surface area contributed by atoms with Crippen molar-refractivity contribution in [3.8, 4) is 0 Å². The van der Waals surface area contributed by atoms with Crippen LogP contribution in [0, 0.1) is 15.9 Å². The average molecular weight is 311 g/mol. The van der Waals surface area contributed by atoms with Gasteiger partial charge in [0.05, 0.1) is 18.1 Å². The summed E-state index contributed by atoms with van der Waals surface area (Å²) in [5.74, 6) is -1.35. The fourth-order valence-corrected chi connectivity index (χ4v) is 2.35. The number of hydrogen-bond acceptors (Lipinski definition) is 5. The largest absolute Gasteiger partial charge is 0.453 e. The van der Waals surface area contributed by atoms with Crippen molar-refractivity contribution >= 4 is 23.4 Å². The number of carbonyl (C=O) groups excluding carboxylic acids is 2. The number of benzene rings is 1. The predicted molar refractivity (Wildman–Crippen MR) is 73.8 cm³/mol. The summed E-state index contributed by atoms with van der Waals surface area (Å²) in [7, 11) is 1.21. The van der Waals surface area contributed by atoms with Crippen molar-refractivity contribution in [3.63, 3.8) is 0 Å². The number of nitro groups is 1. The van der Waals surface area contributed by atoms with Crippen molar-refractivity contribution in [3.05, 3.63) is 34.1 Å². The number of rotatable bonds is 3. The number of amides is 2. The normalized spacial score (nSPS) is 17.2. The third-order valence-electron chi connectivity index (χ3n) is 3.38. The first-order valence-electron chi connectivity index (χ1n) is 6.53. The molecule has 1 saturated heterocycles. The lowest BCUT2D eigenvalue weighted by atomic mass is 10.2. The number of halogens is 1. The first kappa shape index (κ1) is 15.7. The Kier molecular flexibility index (Phi) is 4.54. The van der Waals surface area contributed by atoms with Gasteiger partial charge >= 0.3 is 6.09 Å². The van der Waals surface area contributed by atoms with Crippen molar-refractivity contribution in [2.24, 2.45) is 0 Å². The van der Waals surface area contributed by atoms with Crippen molar-refractivity contribution in [2.75, 3.05) is 19.0 Å². The topological polar surface area (TPSA) is 102 Å². The molecular weight excluding hydrogens is 297 g/mol. The van der Waals surface area contributed by atoms with Gasteiger partial charge in [-0.05, 0) is 25.0 Å². The molecule has 0 aromatic heterocycles. The molecule has 0 spiro atoms. The number of nitrogens with one attached hydrogen (secondary N) is 1. The maximum absolute atomic E-state index is 13.1. The van der Waals surface area contributed by atoms with Gasteiger partial charge in [-0.25, -0.2) is 9.18 Å². The van der Waals surface area contributed by atoms with Crippen LogP contribution in [0.25, 0.3) is 0 Å². The lowest BCUT2D eigenvalue weighted by Crippen LogP contribution is -2.43. The van der Waals surface area contributed by atoms with Gasteiger partial charge in [0, 0.05) is 6.54 Å². The molecule has 2 rings (SSSR count). The molecule has 2 amide bonds. The van der Waals surface area contributed by atoms with E-state index >= 15 is 0 Å². The van der Waals surface area contributed by atoms with Crippen LogP contribution in [0.2, 0.25) is 0 Å². The van der Waals surface area contributed by atoms with Crippen LogP contribution in [0.3, 0.4) is 0 Å². The van der Waals surface area contributed by atoms with Crippen LogP contribution in [0.15, 0.2) is 18.2 Å². The molecule has 8 nitrogen and oxygen atoms in total. The Morgan fingerprint density at radius 1 is 1.50 bits per heavy atom. The summed E-state index contributed by atoms with van der Waals surface area (Å²) in [6.45, 7) is 0.371. The van der Waals surface area contributed by atoms with Gasteiger partial charge in [0.1, 0.15) is 17.5 Å². The van der Waals surface area contributed by atoms with E-state index in [2.05, 4.69) is 10.1 Å². The van der Waals surface area contributed by atoms with E-state index < -0.39 is 34.5 Å². The third-order valence-corrected chi connectivity index (χ3v) is 3.38. The number of ether oxygens (including phenoxy) is 1. The summed E-state index contributed by atoms with van der Waals surface area (Å²) in [6, 6.07) is 2.08. The Morgan fingerprint density at radius 2 is 2.23 bits per heavy atom. The molecule has 0 bridgehead atoms. The predicted octanol–water partition coefficient (Wildman–Crippen LogP) is 1.90. The Balaban J connectivity index is 2.19. The summed E-state index contributed by atoms with van der Waals surface area (Å²) < 4.78 is 17.7. The summed E-state index contributed by atoms with van der Waals surface area (Å²) in [4.78, 5) is 35.2. The highest BCUT2D eigenvalue weighted by Gasteiger charge is 2.35. The SMILES string of the molecule is COC(=O)N1CCC[C@@H]1C(=O)Nc1ccc(F)cc1[N+](=O)[O-]. The van der Waals surface area contributed by atoms with Crippen molar-refractivity contribution in [1.29, 1.82) is 0 Å². The summed E-state index contributed by atoms with van der Waals surface area (Å²) >= 11 is 0. The minimum Gasteiger partial charge on any atom is -0.453 e. The monoisotopic (exact) mass is 311 g/mol. The molecular formula is C13H14FN3O5. The number of carbonyl (C=O) groups is 2. The van der Waals surface area contributed by atoms with E-state index in [9.17, 15) is 24.1 Å².